The summed E-state index contributed by atoms with van der Waals surface area (Å²) in [6.45, 7) is 5.78. The third-order valence-corrected chi connectivity index (χ3v) is 4.80. The number of piperidine rings is 1. The Balaban J connectivity index is 1.59. The van der Waals surface area contributed by atoms with Crippen molar-refractivity contribution in [2.45, 2.75) is 31.8 Å². The maximum Gasteiger partial charge on any atom is 0.318 e. The Bertz CT molecular complexity index is 566. The zero-order chi connectivity index (χ0) is 16.9. The van der Waals surface area contributed by atoms with E-state index in [1.807, 2.05) is 30.0 Å². The molecule has 2 fully saturated rings. The lowest BCUT2D eigenvalue weighted by Gasteiger charge is -2.38. The Kier molecular flexibility index (Phi) is 5.45. The number of nitrogens with one attached hydrogen (secondary N) is 1. The molecule has 2 atom stereocenters. The molecule has 0 spiro atoms. The van der Waals surface area contributed by atoms with Crippen LogP contribution in [0.2, 0.25) is 0 Å². The van der Waals surface area contributed by atoms with E-state index in [0.29, 0.717) is 19.8 Å². The van der Waals surface area contributed by atoms with Gasteiger partial charge < -0.3 is 24.6 Å². The number of benzene rings is 1. The maximum absolute atomic E-state index is 12.5. The molecule has 0 saturated carbocycles. The number of morpholine rings is 1. The number of hydrogen-bond acceptors (Lipinski definition) is 4. The third kappa shape index (κ3) is 3.93. The minimum atomic E-state index is 0.0308. The van der Waals surface area contributed by atoms with Gasteiger partial charge in [0.1, 0.15) is 5.75 Å². The van der Waals surface area contributed by atoms with Crippen LogP contribution >= 0.6 is 0 Å². The van der Waals surface area contributed by atoms with E-state index in [1.165, 1.54) is 0 Å². The minimum absolute atomic E-state index is 0.0308. The van der Waals surface area contributed by atoms with Gasteiger partial charge in [0.2, 0.25) is 0 Å². The molecule has 2 saturated heterocycles. The Morgan fingerprint density at radius 1 is 1.38 bits per heavy atom. The van der Waals surface area contributed by atoms with E-state index in [1.54, 1.807) is 7.11 Å². The van der Waals surface area contributed by atoms with Crippen LogP contribution in [0.1, 0.15) is 19.8 Å². The van der Waals surface area contributed by atoms with E-state index in [9.17, 15) is 4.79 Å². The molecule has 0 bridgehead atoms. The molecule has 2 heterocycles. The van der Waals surface area contributed by atoms with Gasteiger partial charge >= 0.3 is 6.03 Å². The third-order valence-electron chi connectivity index (χ3n) is 4.80. The van der Waals surface area contributed by atoms with Crippen molar-refractivity contribution in [2.24, 2.45) is 0 Å². The van der Waals surface area contributed by atoms with Crippen LogP contribution in [0.25, 0.3) is 0 Å². The van der Waals surface area contributed by atoms with Crippen LogP contribution in [0.3, 0.4) is 0 Å². The molecular formula is C18H27N3O3. The number of rotatable bonds is 3. The second-order valence-corrected chi connectivity index (χ2v) is 6.55. The molecule has 0 radical (unpaired) electrons. The standard InChI is InChI=1S/C18H27N3O3/c1-14-13-24-10-9-21(14)18(22)19-15-5-4-8-20(12-15)16-6-3-7-17(11-16)23-2/h3,6-7,11,14-15H,4-5,8-10,12-13H2,1-2H3,(H,19,22)/t14-,15+/m1/s1. The summed E-state index contributed by atoms with van der Waals surface area (Å²) in [5.41, 5.74) is 1.15. The SMILES string of the molecule is COc1cccc(N2CCC[C@H](NC(=O)N3CCOC[C@H]3C)C2)c1. The fraction of sp³-hybridized carbons (Fsp3) is 0.611. The maximum atomic E-state index is 12.5. The molecule has 24 heavy (non-hydrogen) atoms. The van der Waals surface area contributed by atoms with Crippen LogP contribution in [0.5, 0.6) is 5.75 Å². The highest BCUT2D eigenvalue weighted by Gasteiger charge is 2.27. The number of amides is 2. The highest BCUT2D eigenvalue weighted by molar-refractivity contribution is 5.75. The zero-order valence-corrected chi connectivity index (χ0v) is 14.5. The van der Waals surface area contributed by atoms with E-state index in [0.717, 1.165) is 37.4 Å². The lowest BCUT2D eigenvalue weighted by Crippen LogP contribution is -2.56. The lowest BCUT2D eigenvalue weighted by atomic mass is 10.0. The molecule has 1 N–H and O–H groups in total. The molecule has 0 aliphatic carbocycles. The number of nitrogens with zero attached hydrogens (tertiary/aromatic N) is 2. The van der Waals surface area contributed by atoms with Gasteiger partial charge in [-0.1, -0.05) is 6.07 Å². The molecule has 0 aromatic heterocycles. The van der Waals surface area contributed by atoms with Gasteiger partial charge in [0.15, 0.2) is 0 Å². The fourth-order valence-corrected chi connectivity index (χ4v) is 3.42. The second-order valence-electron chi connectivity index (χ2n) is 6.55. The Morgan fingerprint density at radius 3 is 3.04 bits per heavy atom. The van der Waals surface area contributed by atoms with Crippen molar-refractivity contribution < 1.29 is 14.3 Å². The first-order chi connectivity index (χ1) is 11.7. The zero-order valence-electron chi connectivity index (χ0n) is 14.5. The smallest absolute Gasteiger partial charge is 0.318 e. The molecule has 1 aromatic carbocycles. The van der Waals surface area contributed by atoms with Crippen LogP contribution in [0, 0.1) is 0 Å². The molecule has 2 aliphatic heterocycles. The highest BCUT2D eigenvalue weighted by atomic mass is 16.5. The Labute approximate surface area is 143 Å². The van der Waals surface area contributed by atoms with Crippen molar-refractivity contribution in [1.29, 1.82) is 0 Å². The average molecular weight is 333 g/mol. The van der Waals surface area contributed by atoms with Gasteiger partial charge in [-0.05, 0) is 31.9 Å². The van der Waals surface area contributed by atoms with Gasteiger partial charge in [0.05, 0.1) is 26.4 Å². The molecule has 132 valence electrons. The predicted octanol–water partition coefficient (Wildman–Crippen LogP) is 2.09. The first-order valence-corrected chi connectivity index (χ1v) is 8.71. The molecule has 2 amide bonds. The van der Waals surface area contributed by atoms with Gasteiger partial charge in [-0.3, -0.25) is 0 Å². The van der Waals surface area contributed by atoms with E-state index < -0.39 is 0 Å². The molecule has 3 rings (SSSR count). The quantitative estimate of drug-likeness (QED) is 0.920. The van der Waals surface area contributed by atoms with Crippen LogP contribution in [0.15, 0.2) is 24.3 Å². The summed E-state index contributed by atoms with van der Waals surface area (Å²) >= 11 is 0. The lowest BCUT2D eigenvalue weighted by molar-refractivity contribution is 0.0183. The topological polar surface area (TPSA) is 54.0 Å². The van der Waals surface area contributed by atoms with Crippen molar-refractivity contribution >= 4 is 11.7 Å². The van der Waals surface area contributed by atoms with Gasteiger partial charge in [-0.2, -0.15) is 0 Å². The normalized spacial score (nSPS) is 24.6. The van der Waals surface area contributed by atoms with Crippen molar-refractivity contribution in [1.82, 2.24) is 10.2 Å². The first-order valence-electron chi connectivity index (χ1n) is 8.71. The summed E-state index contributed by atoms with van der Waals surface area (Å²) in [5.74, 6) is 0.862. The van der Waals surface area contributed by atoms with Crippen molar-refractivity contribution in [2.75, 3.05) is 44.9 Å². The molecular weight excluding hydrogens is 306 g/mol. The fourth-order valence-electron chi connectivity index (χ4n) is 3.42. The van der Waals surface area contributed by atoms with Crippen LogP contribution in [-0.4, -0.2) is 63.0 Å². The van der Waals surface area contributed by atoms with Crippen LogP contribution in [0.4, 0.5) is 10.5 Å². The summed E-state index contributed by atoms with van der Waals surface area (Å²) in [7, 11) is 1.68. The van der Waals surface area contributed by atoms with Crippen molar-refractivity contribution in [3.8, 4) is 5.75 Å². The summed E-state index contributed by atoms with van der Waals surface area (Å²) in [4.78, 5) is 16.7. The number of hydrogen-bond donors (Lipinski definition) is 1. The monoisotopic (exact) mass is 333 g/mol. The minimum Gasteiger partial charge on any atom is -0.497 e. The van der Waals surface area contributed by atoms with Crippen LogP contribution < -0.4 is 15.0 Å². The largest absolute Gasteiger partial charge is 0.497 e. The van der Waals surface area contributed by atoms with Crippen LogP contribution in [-0.2, 0) is 4.74 Å². The average Bonchev–Trinajstić information content (AvgIpc) is 2.62. The van der Waals surface area contributed by atoms with E-state index in [4.69, 9.17) is 9.47 Å². The van der Waals surface area contributed by atoms with Gasteiger partial charge in [-0.25, -0.2) is 4.79 Å². The summed E-state index contributed by atoms with van der Waals surface area (Å²) in [6.07, 6.45) is 2.09. The summed E-state index contributed by atoms with van der Waals surface area (Å²) in [5, 5.41) is 3.21. The number of carbonyl (C=O) groups excluding carboxylic acids is 1. The first kappa shape index (κ1) is 16.9. The Morgan fingerprint density at radius 2 is 2.25 bits per heavy atom. The van der Waals surface area contributed by atoms with Gasteiger partial charge in [0.25, 0.3) is 0 Å². The molecule has 6 nitrogen and oxygen atoms in total. The molecule has 1 aromatic rings. The number of carbonyl (C=O) groups is 1. The number of ether oxygens (including phenoxy) is 2. The number of anilines is 1. The molecule has 0 unspecified atom stereocenters. The second kappa shape index (κ2) is 7.75. The van der Waals surface area contributed by atoms with E-state index in [2.05, 4.69) is 16.3 Å². The number of urea groups is 1. The van der Waals surface area contributed by atoms with E-state index in [-0.39, 0.29) is 18.1 Å². The molecule has 2 aliphatic rings. The van der Waals surface area contributed by atoms with E-state index >= 15 is 0 Å². The van der Waals surface area contributed by atoms with Gasteiger partial charge in [-0.15, -0.1) is 0 Å². The summed E-state index contributed by atoms with van der Waals surface area (Å²) in [6, 6.07) is 8.44. The number of methoxy groups -OCH3 is 1. The predicted molar refractivity (Wildman–Crippen MR) is 93.7 cm³/mol. The highest BCUT2D eigenvalue weighted by Crippen LogP contribution is 2.24. The molecule has 6 heteroatoms. The van der Waals surface area contributed by atoms with Crippen molar-refractivity contribution in [3.63, 3.8) is 0 Å². The van der Waals surface area contributed by atoms with Gasteiger partial charge in [0, 0.05) is 37.4 Å². The van der Waals surface area contributed by atoms with Crippen molar-refractivity contribution in [3.05, 3.63) is 24.3 Å². The summed E-state index contributed by atoms with van der Waals surface area (Å²) < 4.78 is 10.7. The Hall–Kier alpha value is -1.95.